The first-order chi connectivity index (χ1) is 7.54. The number of nitrogens with one attached hydrogen (secondary N) is 1. The molecule has 1 aromatic rings. The highest BCUT2D eigenvalue weighted by atomic mass is 32.1. The summed E-state index contributed by atoms with van der Waals surface area (Å²) in [5, 5.41) is 14.1. The molecule has 0 saturated heterocycles. The van der Waals surface area contributed by atoms with Gasteiger partial charge in [0.1, 0.15) is 0 Å². The summed E-state index contributed by atoms with van der Waals surface area (Å²) in [6, 6.07) is 1.87. The maximum atomic E-state index is 10.9. The minimum atomic E-state index is -0.398. The minimum Gasteiger partial charge on any atom is -0.395 e. The number of amides is 1. The lowest BCUT2D eigenvalue weighted by Gasteiger charge is -2.19. The molecule has 0 fully saturated rings. The fraction of sp³-hybridized carbons (Fsp3) is 0.545. The lowest BCUT2D eigenvalue weighted by Crippen LogP contribution is -2.36. The average molecular weight is 242 g/mol. The third-order valence-corrected chi connectivity index (χ3v) is 3.41. The van der Waals surface area contributed by atoms with E-state index in [2.05, 4.69) is 19.2 Å². The van der Waals surface area contributed by atoms with Crippen LogP contribution < -0.4 is 11.1 Å². The molecule has 0 bridgehead atoms. The highest BCUT2D eigenvalue weighted by Gasteiger charge is 2.12. The Morgan fingerprint density at radius 3 is 2.75 bits per heavy atom. The molecule has 0 spiro atoms. The molecule has 0 radical (unpaired) electrons. The summed E-state index contributed by atoms with van der Waals surface area (Å²) in [7, 11) is 0. The summed E-state index contributed by atoms with van der Waals surface area (Å²) in [5.41, 5.74) is 5.71. The molecule has 1 aromatic heterocycles. The van der Waals surface area contributed by atoms with Crippen molar-refractivity contribution in [2.75, 3.05) is 6.61 Å². The highest BCUT2D eigenvalue weighted by Crippen LogP contribution is 2.14. The zero-order valence-corrected chi connectivity index (χ0v) is 10.4. The van der Waals surface area contributed by atoms with Crippen molar-refractivity contribution in [1.82, 2.24) is 5.32 Å². The fourth-order valence-electron chi connectivity index (χ4n) is 1.35. The zero-order valence-electron chi connectivity index (χ0n) is 9.56. The standard InChI is InChI=1S/C11H18N2O2S/c1-7(2)10(5-14)13-4-9-3-8(6-16-9)11(12)15/h3,6-7,10,13-14H,4-5H2,1-2H3,(H2,12,15). The number of carbonyl (C=O) groups is 1. The Hall–Kier alpha value is -0.910. The Balaban J connectivity index is 2.50. The minimum absolute atomic E-state index is 0.0825. The summed E-state index contributed by atoms with van der Waals surface area (Å²) in [6.07, 6.45) is 0. The van der Waals surface area contributed by atoms with E-state index in [0.717, 1.165) is 4.88 Å². The normalized spacial score (nSPS) is 13.0. The third kappa shape index (κ3) is 3.59. The van der Waals surface area contributed by atoms with Crippen molar-refractivity contribution in [3.8, 4) is 0 Å². The lowest BCUT2D eigenvalue weighted by molar-refractivity contribution is 0.100. The van der Waals surface area contributed by atoms with Crippen molar-refractivity contribution in [2.45, 2.75) is 26.4 Å². The van der Waals surface area contributed by atoms with Crippen molar-refractivity contribution < 1.29 is 9.90 Å². The first-order valence-corrected chi connectivity index (χ1v) is 6.14. The van der Waals surface area contributed by atoms with Crippen molar-refractivity contribution >= 4 is 17.2 Å². The Kier molecular flexibility index (Phi) is 4.92. The molecule has 90 valence electrons. The van der Waals surface area contributed by atoms with Crippen LogP contribution in [-0.4, -0.2) is 23.7 Å². The Morgan fingerprint density at radius 1 is 1.62 bits per heavy atom. The summed E-state index contributed by atoms with van der Waals surface area (Å²) in [5.74, 6) is -0.0226. The number of nitrogens with two attached hydrogens (primary N) is 1. The maximum absolute atomic E-state index is 10.9. The molecule has 0 aromatic carbocycles. The van der Waals surface area contributed by atoms with E-state index < -0.39 is 5.91 Å². The van der Waals surface area contributed by atoms with Crippen LogP contribution in [0.1, 0.15) is 29.1 Å². The molecule has 0 aliphatic carbocycles. The summed E-state index contributed by atoms with van der Waals surface area (Å²) >= 11 is 1.50. The fourth-order valence-corrected chi connectivity index (χ4v) is 2.17. The number of aliphatic hydroxyl groups excluding tert-OH is 1. The van der Waals surface area contributed by atoms with Gasteiger partial charge in [0.15, 0.2) is 0 Å². The molecule has 0 aliphatic rings. The predicted octanol–water partition coefficient (Wildman–Crippen LogP) is 0.953. The molecule has 1 atom stereocenters. The molecular formula is C11H18N2O2S. The number of carbonyl (C=O) groups excluding carboxylic acids is 1. The van der Waals surface area contributed by atoms with E-state index in [4.69, 9.17) is 10.8 Å². The molecule has 1 rings (SSSR count). The van der Waals surface area contributed by atoms with Gasteiger partial charge in [0.2, 0.25) is 5.91 Å². The van der Waals surface area contributed by atoms with E-state index in [9.17, 15) is 4.79 Å². The van der Waals surface area contributed by atoms with Crippen molar-refractivity contribution in [3.63, 3.8) is 0 Å². The van der Waals surface area contributed by atoms with E-state index in [1.165, 1.54) is 11.3 Å². The highest BCUT2D eigenvalue weighted by molar-refractivity contribution is 7.10. The number of aliphatic hydroxyl groups is 1. The second-order valence-electron chi connectivity index (χ2n) is 4.08. The number of hydrogen-bond donors (Lipinski definition) is 3. The number of primary amides is 1. The van der Waals surface area contributed by atoms with Gasteiger partial charge in [-0.3, -0.25) is 4.79 Å². The summed E-state index contributed by atoms with van der Waals surface area (Å²) in [4.78, 5) is 11.9. The SMILES string of the molecule is CC(C)C(CO)NCc1cc(C(N)=O)cs1. The maximum Gasteiger partial charge on any atom is 0.249 e. The smallest absolute Gasteiger partial charge is 0.249 e. The number of rotatable bonds is 6. The van der Waals surface area contributed by atoms with Crippen LogP contribution in [0.15, 0.2) is 11.4 Å². The van der Waals surface area contributed by atoms with Gasteiger partial charge in [0.05, 0.1) is 12.2 Å². The predicted molar refractivity (Wildman–Crippen MR) is 65.4 cm³/mol. The molecule has 1 unspecified atom stereocenters. The first kappa shape index (κ1) is 13.2. The van der Waals surface area contributed by atoms with Crippen LogP contribution >= 0.6 is 11.3 Å². The largest absolute Gasteiger partial charge is 0.395 e. The van der Waals surface area contributed by atoms with Crippen molar-refractivity contribution in [2.24, 2.45) is 11.7 Å². The van der Waals surface area contributed by atoms with Gasteiger partial charge >= 0.3 is 0 Å². The Bertz CT molecular complexity index is 350. The average Bonchev–Trinajstić information content (AvgIpc) is 2.67. The molecule has 5 heteroatoms. The second kappa shape index (κ2) is 5.98. The van der Waals surface area contributed by atoms with E-state index >= 15 is 0 Å². The van der Waals surface area contributed by atoms with Crippen LogP contribution in [0.4, 0.5) is 0 Å². The number of thiophene rings is 1. The Morgan fingerprint density at radius 2 is 2.31 bits per heavy atom. The van der Waals surface area contributed by atoms with Crippen molar-refractivity contribution in [3.05, 3.63) is 21.9 Å². The third-order valence-electron chi connectivity index (χ3n) is 2.48. The molecule has 4 N–H and O–H groups in total. The van der Waals surface area contributed by atoms with Gasteiger partial charge in [-0.15, -0.1) is 11.3 Å². The molecule has 4 nitrogen and oxygen atoms in total. The van der Waals surface area contributed by atoms with Gasteiger partial charge in [0.25, 0.3) is 0 Å². The summed E-state index contributed by atoms with van der Waals surface area (Å²) in [6.45, 7) is 4.88. The van der Waals surface area contributed by atoms with Crippen LogP contribution in [0.3, 0.4) is 0 Å². The first-order valence-electron chi connectivity index (χ1n) is 5.26. The van der Waals surface area contributed by atoms with Crippen molar-refractivity contribution in [1.29, 1.82) is 0 Å². The lowest BCUT2D eigenvalue weighted by atomic mass is 10.1. The van der Waals surface area contributed by atoms with Crippen LogP contribution in [-0.2, 0) is 6.54 Å². The van der Waals surface area contributed by atoms with Crippen LogP contribution in [0.25, 0.3) is 0 Å². The van der Waals surface area contributed by atoms with Gasteiger partial charge < -0.3 is 16.2 Å². The van der Waals surface area contributed by atoms with Gasteiger partial charge in [-0.05, 0) is 12.0 Å². The zero-order chi connectivity index (χ0) is 12.1. The van der Waals surface area contributed by atoms with Gasteiger partial charge in [0, 0.05) is 22.8 Å². The molecule has 16 heavy (non-hydrogen) atoms. The topological polar surface area (TPSA) is 75.3 Å². The van der Waals surface area contributed by atoms with Crippen LogP contribution in [0, 0.1) is 5.92 Å². The summed E-state index contributed by atoms with van der Waals surface area (Å²) < 4.78 is 0. The number of hydrogen-bond acceptors (Lipinski definition) is 4. The van der Waals surface area contributed by atoms with Crippen LogP contribution in [0.2, 0.25) is 0 Å². The van der Waals surface area contributed by atoms with Gasteiger partial charge in [-0.1, -0.05) is 13.8 Å². The van der Waals surface area contributed by atoms with E-state index in [0.29, 0.717) is 18.0 Å². The molecular weight excluding hydrogens is 224 g/mol. The van der Waals surface area contributed by atoms with Gasteiger partial charge in [-0.2, -0.15) is 0 Å². The Labute approximate surface area is 99.5 Å². The molecule has 0 saturated carbocycles. The van der Waals surface area contributed by atoms with E-state index in [-0.39, 0.29) is 12.6 Å². The molecule has 0 aliphatic heterocycles. The molecule has 1 heterocycles. The second-order valence-corrected chi connectivity index (χ2v) is 5.08. The quantitative estimate of drug-likeness (QED) is 0.695. The van der Waals surface area contributed by atoms with Crippen LogP contribution in [0.5, 0.6) is 0 Å². The molecule has 1 amide bonds. The van der Waals surface area contributed by atoms with E-state index in [1.54, 1.807) is 11.4 Å². The van der Waals surface area contributed by atoms with E-state index in [1.807, 2.05) is 0 Å². The van der Waals surface area contributed by atoms with Gasteiger partial charge in [-0.25, -0.2) is 0 Å². The monoisotopic (exact) mass is 242 g/mol.